The van der Waals surface area contributed by atoms with Gasteiger partial charge in [0.15, 0.2) is 0 Å². The van der Waals surface area contributed by atoms with Crippen LogP contribution >= 0.6 is 0 Å². The zero-order valence-electron chi connectivity index (χ0n) is 10.9. The molecule has 0 atom stereocenters. The number of anilines is 2. The van der Waals surface area contributed by atoms with Gasteiger partial charge in [-0.1, -0.05) is 0 Å². The molecule has 0 bridgehead atoms. The van der Waals surface area contributed by atoms with Crippen LogP contribution in [0.4, 0.5) is 11.8 Å². The molecule has 2 heterocycles. The largest absolute Gasteiger partial charge is 0.369 e. The number of rotatable bonds is 5. The zero-order valence-corrected chi connectivity index (χ0v) is 10.9. The molecule has 2 aromatic rings. The molecular formula is C12H18N6. The van der Waals surface area contributed by atoms with Gasteiger partial charge in [-0.15, -0.1) is 0 Å². The van der Waals surface area contributed by atoms with E-state index in [1.165, 1.54) is 5.69 Å². The van der Waals surface area contributed by atoms with Crippen molar-refractivity contribution in [1.29, 1.82) is 0 Å². The molecule has 96 valence electrons. The van der Waals surface area contributed by atoms with Gasteiger partial charge in [0.05, 0.1) is 0 Å². The highest BCUT2D eigenvalue weighted by molar-refractivity contribution is 5.46. The van der Waals surface area contributed by atoms with Crippen molar-refractivity contribution in [3.63, 3.8) is 0 Å². The average molecular weight is 246 g/mol. The molecule has 0 unspecified atom stereocenters. The summed E-state index contributed by atoms with van der Waals surface area (Å²) in [5.41, 5.74) is 2.24. The molecule has 2 N–H and O–H groups in total. The highest BCUT2D eigenvalue weighted by Gasteiger charge is 2.03. The molecule has 0 fully saturated rings. The normalized spacial score (nSPS) is 10.4. The van der Waals surface area contributed by atoms with Crippen molar-refractivity contribution in [3.05, 3.63) is 29.7 Å². The van der Waals surface area contributed by atoms with Gasteiger partial charge >= 0.3 is 0 Å². The third-order valence-electron chi connectivity index (χ3n) is 2.79. The fourth-order valence-corrected chi connectivity index (χ4v) is 1.70. The van der Waals surface area contributed by atoms with E-state index >= 15 is 0 Å². The number of nitrogens with one attached hydrogen (secondary N) is 2. The lowest BCUT2D eigenvalue weighted by atomic mass is 10.3. The predicted molar refractivity (Wildman–Crippen MR) is 71.7 cm³/mol. The quantitative estimate of drug-likeness (QED) is 0.830. The third kappa shape index (κ3) is 2.77. The van der Waals surface area contributed by atoms with Crippen LogP contribution in [-0.2, 0) is 13.5 Å². The maximum Gasteiger partial charge on any atom is 0.224 e. The smallest absolute Gasteiger partial charge is 0.224 e. The summed E-state index contributed by atoms with van der Waals surface area (Å²) in [5.74, 6) is 1.50. The van der Waals surface area contributed by atoms with Gasteiger partial charge in [0.25, 0.3) is 0 Å². The van der Waals surface area contributed by atoms with Crippen LogP contribution in [0.5, 0.6) is 0 Å². The summed E-state index contributed by atoms with van der Waals surface area (Å²) in [4.78, 5) is 8.53. The van der Waals surface area contributed by atoms with E-state index in [1.54, 1.807) is 0 Å². The van der Waals surface area contributed by atoms with Crippen molar-refractivity contribution in [3.8, 4) is 0 Å². The number of hydrogen-bond acceptors (Lipinski definition) is 5. The van der Waals surface area contributed by atoms with Gasteiger partial charge in [0, 0.05) is 50.7 Å². The van der Waals surface area contributed by atoms with Crippen LogP contribution in [0, 0.1) is 6.92 Å². The standard InChI is InChI=1S/C12H18N6/c1-9-8-15-12(13-2)17-11(9)14-6-4-10-5-7-16-18(10)3/h5,7-8H,4,6H2,1-3H3,(H2,13,14,15,17). The Kier molecular flexibility index (Phi) is 3.76. The third-order valence-corrected chi connectivity index (χ3v) is 2.79. The Morgan fingerprint density at radius 3 is 2.89 bits per heavy atom. The van der Waals surface area contributed by atoms with E-state index in [0.717, 1.165) is 24.3 Å². The topological polar surface area (TPSA) is 67.7 Å². The minimum absolute atomic E-state index is 0.628. The average Bonchev–Trinajstić information content (AvgIpc) is 2.77. The molecule has 0 saturated carbocycles. The Balaban J connectivity index is 1.96. The molecule has 0 spiro atoms. The maximum absolute atomic E-state index is 4.38. The first-order valence-electron chi connectivity index (χ1n) is 5.93. The van der Waals surface area contributed by atoms with Crippen LogP contribution in [0.25, 0.3) is 0 Å². The van der Waals surface area contributed by atoms with Crippen LogP contribution < -0.4 is 10.6 Å². The van der Waals surface area contributed by atoms with Crippen molar-refractivity contribution >= 4 is 11.8 Å². The lowest BCUT2D eigenvalue weighted by molar-refractivity contribution is 0.711. The van der Waals surface area contributed by atoms with Crippen LogP contribution in [0.3, 0.4) is 0 Å². The molecule has 18 heavy (non-hydrogen) atoms. The van der Waals surface area contributed by atoms with Gasteiger partial charge in [-0.2, -0.15) is 10.1 Å². The lowest BCUT2D eigenvalue weighted by Gasteiger charge is -2.09. The summed E-state index contributed by atoms with van der Waals surface area (Å²) < 4.78 is 1.88. The molecule has 2 rings (SSSR count). The monoisotopic (exact) mass is 246 g/mol. The van der Waals surface area contributed by atoms with Crippen LogP contribution in [-0.4, -0.2) is 33.3 Å². The summed E-state index contributed by atoms with van der Waals surface area (Å²) in [6.07, 6.45) is 4.53. The number of aryl methyl sites for hydroxylation is 2. The first-order valence-corrected chi connectivity index (χ1v) is 5.93. The van der Waals surface area contributed by atoms with Gasteiger partial charge in [0.1, 0.15) is 5.82 Å². The van der Waals surface area contributed by atoms with E-state index in [1.807, 2.05) is 44.2 Å². The number of hydrogen-bond donors (Lipinski definition) is 2. The second-order valence-electron chi connectivity index (χ2n) is 4.10. The Morgan fingerprint density at radius 1 is 1.39 bits per heavy atom. The molecule has 0 saturated heterocycles. The molecule has 6 heteroatoms. The van der Waals surface area contributed by atoms with Crippen molar-refractivity contribution in [2.24, 2.45) is 7.05 Å². The van der Waals surface area contributed by atoms with Crippen molar-refractivity contribution < 1.29 is 0 Å². The minimum Gasteiger partial charge on any atom is -0.369 e. The fraction of sp³-hybridized carbons (Fsp3) is 0.417. The predicted octanol–water partition coefficient (Wildman–Crippen LogP) is 1.21. The van der Waals surface area contributed by atoms with E-state index < -0.39 is 0 Å². The summed E-state index contributed by atoms with van der Waals surface area (Å²) in [6.45, 7) is 2.81. The highest BCUT2D eigenvalue weighted by Crippen LogP contribution is 2.12. The van der Waals surface area contributed by atoms with Gasteiger partial charge < -0.3 is 10.6 Å². The SMILES string of the molecule is CNc1ncc(C)c(NCCc2ccnn2C)n1. The zero-order chi connectivity index (χ0) is 13.0. The number of nitrogens with zero attached hydrogens (tertiary/aromatic N) is 4. The molecular weight excluding hydrogens is 228 g/mol. The molecule has 0 aromatic carbocycles. The second-order valence-corrected chi connectivity index (χ2v) is 4.10. The molecule has 0 aliphatic rings. The fourth-order valence-electron chi connectivity index (χ4n) is 1.70. The molecule has 0 radical (unpaired) electrons. The van der Waals surface area contributed by atoms with Crippen LogP contribution in [0.2, 0.25) is 0 Å². The van der Waals surface area contributed by atoms with E-state index in [2.05, 4.69) is 25.7 Å². The molecule has 0 aliphatic carbocycles. The summed E-state index contributed by atoms with van der Waals surface area (Å²) >= 11 is 0. The summed E-state index contributed by atoms with van der Waals surface area (Å²) in [6, 6.07) is 2.02. The Morgan fingerprint density at radius 2 is 2.22 bits per heavy atom. The van der Waals surface area contributed by atoms with Gasteiger partial charge in [0.2, 0.25) is 5.95 Å². The van der Waals surface area contributed by atoms with E-state index in [-0.39, 0.29) is 0 Å². The van der Waals surface area contributed by atoms with E-state index in [9.17, 15) is 0 Å². The van der Waals surface area contributed by atoms with Crippen molar-refractivity contribution in [1.82, 2.24) is 19.7 Å². The summed E-state index contributed by atoms with van der Waals surface area (Å²) in [7, 11) is 3.76. The first-order chi connectivity index (χ1) is 8.70. The highest BCUT2D eigenvalue weighted by atomic mass is 15.3. The second kappa shape index (κ2) is 5.48. The lowest BCUT2D eigenvalue weighted by Crippen LogP contribution is -2.11. The van der Waals surface area contributed by atoms with E-state index in [0.29, 0.717) is 5.95 Å². The van der Waals surface area contributed by atoms with Gasteiger partial charge in [-0.3, -0.25) is 4.68 Å². The Bertz CT molecular complexity index is 519. The van der Waals surface area contributed by atoms with Crippen LogP contribution in [0.1, 0.15) is 11.3 Å². The van der Waals surface area contributed by atoms with Gasteiger partial charge in [-0.25, -0.2) is 4.98 Å². The van der Waals surface area contributed by atoms with E-state index in [4.69, 9.17) is 0 Å². The molecule has 0 aliphatic heterocycles. The Hall–Kier alpha value is -2.11. The molecule has 6 nitrogen and oxygen atoms in total. The first kappa shape index (κ1) is 12.3. The van der Waals surface area contributed by atoms with Crippen molar-refractivity contribution in [2.45, 2.75) is 13.3 Å². The minimum atomic E-state index is 0.628. The van der Waals surface area contributed by atoms with Crippen LogP contribution in [0.15, 0.2) is 18.5 Å². The maximum atomic E-state index is 4.38. The molecule has 0 amide bonds. The van der Waals surface area contributed by atoms with Crippen molar-refractivity contribution in [2.75, 3.05) is 24.2 Å². The van der Waals surface area contributed by atoms with Gasteiger partial charge in [-0.05, 0) is 13.0 Å². The summed E-state index contributed by atoms with van der Waals surface area (Å²) in [5, 5.41) is 10.4. The molecule has 2 aromatic heterocycles. The Labute approximate surface area is 106 Å². The number of aromatic nitrogens is 4.